The van der Waals surface area contributed by atoms with Crippen molar-refractivity contribution in [3.8, 4) is 17.2 Å². The molecule has 0 saturated carbocycles. The molecule has 0 aliphatic carbocycles. The first kappa shape index (κ1) is 12.2. The summed E-state index contributed by atoms with van der Waals surface area (Å²) in [5, 5.41) is 8.68. The Bertz CT molecular complexity index is 520. The quantitative estimate of drug-likeness (QED) is 0.760. The van der Waals surface area contributed by atoms with Gasteiger partial charge in [0, 0.05) is 23.5 Å². The summed E-state index contributed by atoms with van der Waals surface area (Å²) >= 11 is 0. The molecule has 2 rings (SSSR count). The number of pyridine rings is 1. The first-order chi connectivity index (χ1) is 7.33. The topological polar surface area (TPSA) is 36.7 Å². The molecule has 0 atom stereocenters. The highest BCUT2D eigenvalue weighted by Gasteiger charge is 2.08. The number of nitriles is 1. The van der Waals surface area contributed by atoms with Crippen molar-refractivity contribution in [3.05, 3.63) is 54.1 Å². The van der Waals surface area contributed by atoms with Crippen LogP contribution >= 0.6 is 12.4 Å². The minimum atomic E-state index is -0.493. The lowest BCUT2D eigenvalue weighted by Crippen LogP contribution is -1.89. The predicted molar refractivity (Wildman–Crippen MR) is 61.6 cm³/mol. The van der Waals surface area contributed by atoms with Crippen molar-refractivity contribution in [3.63, 3.8) is 0 Å². The van der Waals surface area contributed by atoms with Crippen LogP contribution in [0.15, 0.2) is 42.7 Å². The van der Waals surface area contributed by atoms with E-state index >= 15 is 0 Å². The van der Waals surface area contributed by atoms with Crippen LogP contribution in [0.4, 0.5) is 4.39 Å². The molecule has 0 unspecified atom stereocenters. The van der Waals surface area contributed by atoms with E-state index < -0.39 is 5.82 Å². The van der Waals surface area contributed by atoms with Crippen LogP contribution < -0.4 is 0 Å². The number of benzene rings is 1. The number of hydrogen-bond acceptors (Lipinski definition) is 2. The molecule has 0 spiro atoms. The zero-order valence-electron chi connectivity index (χ0n) is 8.22. The molecule has 0 aliphatic heterocycles. The van der Waals surface area contributed by atoms with E-state index in [0.29, 0.717) is 11.1 Å². The van der Waals surface area contributed by atoms with Gasteiger partial charge in [-0.1, -0.05) is 18.2 Å². The summed E-state index contributed by atoms with van der Waals surface area (Å²) in [6.07, 6.45) is 3.19. The molecule has 1 heterocycles. The molecule has 0 bridgehead atoms. The van der Waals surface area contributed by atoms with Crippen LogP contribution in [-0.4, -0.2) is 4.98 Å². The third-order valence-electron chi connectivity index (χ3n) is 2.09. The first-order valence-electron chi connectivity index (χ1n) is 4.42. The third-order valence-corrected chi connectivity index (χ3v) is 2.09. The van der Waals surface area contributed by atoms with Crippen LogP contribution in [0.1, 0.15) is 5.56 Å². The van der Waals surface area contributed by atoms with Gasteiger partial charge in [-0.15, -0.1) is 12.4 Å². The van der Waals surface area contributed by atoms with Crippen molar-refractivity contribution in [2.75, 3.05) is 0 Å². The molecule has 0 aliphatic rings. The van der Waals surface area contributed by atoms with Gasteiger partial charge in [-0.25, -0.2) is 4.39 Å². The fraction of sp³-hybridized carbons (Fsp3) is 0. The summed E-state index contributed by atoms with van der Waals surface area (Å²) in [6, 6.07) is 10.0. The Morgan fingerprint density at radius 3 is 2.62 bits per heavy atom. The molecule has 4 heteroatoms. The van der Waals surface area contributed by atoms with Crippen LogP contribution in [0, 0.1) is 17.1 Å². The fourth-order valence-corrected chi connectivity index (χ4v) is 1.36. The highest BCUT2D eigenvalue weighted by atomic mass is 35.5. The van der Waals surface area contributed by atoms with Gasteiger partial charge < -0.3 is 0 Å². The van der Waals surface area contributed by atoms with Crippen molar-refractivity contribution in [2.24, 2.45) is 0 Å². The van der Waals surface area contributed by atoms with Crippen LogP contribution in [0.5, 0.6) is 0 Å². The van der Waals surface area contributed by atoms with Gasteiger partial charge in [-0.2, -0.15) is 5.26 Å². The molecule has 2 nitrogen and oxygen atoms in total. The highest BCUT2D eigenvalue weighted by molar-refractivity contribution is 5.85. The second-order valence-electron chi connectivity index (χ2n) is 3.02. The molecule has 2 aromatic rings. The molecular weight excluding hydrogens is 227 g/mol. The van der Waals surface area contributed by atoms with E-state index in [2.05, 4.69) is 4.98 Å². The van der Waals surface area contributed by atoms with Crippen molar-refractivity contribution in [1.82, 2.24) is 4.98 Å². The molecule has 80 valence electrons. The largest absolute Gasteiger partial charge is 0.264 e. The maximum atomic E-state index is 13.7. The maximum Gasteiger partial charge on any atom is 0.148 e. The van der Waals surface area contributed by atoms with Gasteiger partial charge in [0.2, 0.25) is 0 Å². The first-order valence-corrected chi connectivity index (χ1v) is 4.42. The molecule has 16 heavy (non-hydrogen) atoms. The normalized spacial score (nSPS) is 9.00. The molecule has 0 amide bonds. The smallest absolute Gasteiger partial charge is 0.148 e. The Labute approximate surface area is 98.8 Å². The molecule has 0 saturated heterocycles. The molecule has 0 N–H and O–H groups in total. The van der Waals surface area contributed by atoms with E-state index in [1.165, 1.54) is 6.07 Å². The summed E-state index contributed by atoms with van der Waals surface area (Å²) in [6.45, 7) is 0. The Kier molecular flexibility index (Phi) is 3.98. The van der Waals surface area contributed by atoms with Gasteiger partial charge >= 0.3 is 0 Å². The van der Waals surface area contributed by atoms with E-state index in [0.717, 1.165) is 0 Å². The molecule has 0 radical (unpaired) electrons. The maximum absolute atomic E-state index is 13.7. The Morgan fingerprint density at radius 1 is 1.19 bits per heavy atom. The summed E-state index contributed by atoms with van der Waals surface area (Å²) in [7, 11) is 0. The number of halogens is 2. The van der Waals surface area contributed by atoms with Crippen molar-refractivity contribution >= 4 is 12.4 Å². The lowest BCUT2D eigenvalue weighted by Gasteiger charge is -2.03. The van der Waals surface area contributed by atoms with Crippen LogP contribution in [0.25, 0.3) is 11.1 Å². The second-order valence-corrected chi connectivity index (χ2v) is 3.02. The van der Waals surface area contributed by atoms with Crippen LogP contribution in [-0.2, 0) is 0 Å². The van der Waals surface area contributed by atoms with E-state index in [9.17, 15) is 4.39 Å². The number of rotatable bonds is 1. The average molecular weight is 235 g/mol. The zero-order chi connectivity index (χ0) is 10.7. The zero-order valence-corrected chi connectivity index (χ0v) is 9.04. The van der Waals surface area contributed by atoms with E-state index in [1.54, 1.807) is 36.7 Å². The van der Waals surface area contributed by atoms with Crippen molar-refractivity contribution < 1.29 is 4.39 Å². The van der Waals surface area contributed by atoms with Crippen molar-refractivity contribution in [2.45, 2.75) is 0 Å². The van der Waals surface area contributed by atoms with Gasteiger partial charge in [-0.05, 0) is 12.1 Å². The number of hydrogen-bond donors (Lipinski definition) is 0. The lowest BCUT2D eigenvalue weighted by molar-refractivity contribution is 0.627. The lowest BCUT2D eigenvalue weighted by atomic mass is 10.0. The summed E-state index contributed by atoms with van der Waals surface area (Å²) in [5.41, 5.74) is 1.13. The number of aromatic nitrogens is 1. The Morgan fingerprint density at radius 2 is 2.00 bits per heavy atom. The highest BCUT2D eigenvalue weighted by Crippen LogP contribution is 2.23. The molecule has 0 fully saturated rings. The van der Waals surface area contributed by atoms with E-state index in [-0.39, 0.29) is 18.0 Å². The van der Waals surface area contributed by atoms with Gasteiger partial charge in [-0.3, -0.25) is 4.98 Å². The van der Waals surface area contributed by atoms with E-state index in [4.69, 9.17) is 5.26 Å². The molecular formula is C12H8ClFN2. The summed E-state index contributed by atoms with van der Waals surface area (Å²) < 4.78 is 13.7. The van der Waals surface area contributed by atoms with Gasteiger partial charge in [0.25, 0.3) is 0 Å². The van der Waals surface area contributed by atoms with Crippen LogP contribution in [0.3, 0.4) is 0 Å². The Balaban J connectivity index is 0.00000128. The fourth-order valence-electron chi connectivity index (χ4n) is 1.36. The van der Waals surface area contributed by atoms with Gasteiger partial charge in [0.1, 0.15) is 11.9 Å². The van der Waals surface area contributed by atoms with Gasteiger partial charge in [0.15, 0.2) is 0 Å². The SMILES string of the molecule is Cl.N#Cc1cccc(-c2cccnc2)c1F. The minimum Gasteiger partial charge on any atom is -0.264 e. The summed E-state index contributed by atoms with van der Waals surface area (Å²) in [4.78, 5) is 3.91. The standard InChI is InChI=1S/C12H7FN2.ClH/c13-12-9(7-14)3-1-5-11(12)10-4-2-6-15-8-10;/h1-6,8H;1H. The minimum absolute atomic E-state index is 0. The van der Waals surface area contributed by atoms with E-state index in [1.807, 2.05) is 6.07 Å². The second kappa shape index (κ2) is 5.24. The predicted octanol–water partition coefficient (Wildman–Crippen LogP) is 3.18. The van der Waals surface area contributed by atoms with Crippen LogP contribution in [0.2, 0.25) is 0 Å². The monoisotopic (exact) mass is 234 g/mol. The Hall–Kier alpha value is -1.92. The molecule has 1 aromatic heterocycles. The average Bonchev–Trinajstić information content (AvgIpc) is 2.30. The van der Waals surface area contributed by atoms with Gasteiger partial charge in [0.05, 0.1) is 5.56 Å². The molecule has 1 aromatic carbocycles. The number of nitrogens with zero attached hydrogens (tertiary/aromatic N) is 2. The van der Waals surface area contributed by atoms with Crippen molar-refractivity contribution in [1.29, 1.82) is 5.26 Å². The summed E-state index contributed by atoms with van der Waals surface area (Å²) in [5.74, 6) is -0.493. The third kappa shape index (κ3) is 2.18.